The first kappa shape index (κ1) is 16.8. The van der Waals surface area contributed by atoms with Gasteiger partial charge in [-0.2, -0.15) is 0 Å². The number of sulfonamides is 1. The third kappa shape index (κ3) is 6.13. The van der Waals surface area contributed by atoms with Crippen LogP contribution in [0.5, 0.6) is 0 Å². The molecule has 0 fully saturated rings. The molecule has 0 aromatic heterocycles. The Morgan fingerprint density at radius 3 is 2.47 bits per heavy atom. The van der Waals surface area contributed by atoms with Crippen LogP contribution >= 0.6 is 23.2 Å². The lowest BCUT2D eigenvalue weighted by atomic mass is 9.90. The zero-order chi connectivity index (χ0) is 14.7. The van der Waals surface area contributed by atoms with Gasteiger partial charge in [-0.1, -0.05) is 38.4 Å². The summed E-state index contributed by atoms with van der Waals surface area (Å²) in [5, 5.41) is 0.147. The number of benzene rings is 1. The minimum atomic E-state index is -3.55. The van der Waals surface area contributed by atoms with Crippen LogP contribution in [0.15, 0.2) is 29.2 Å². The first-order valence-corrected chi connectivity index (χ1v) is 8.29. The summed E-state index contributed by atoms with van der Waals surface area (Å²) in [5.41, 5.74) is 0.0634. The van der Waals surface area contributed by atoms with E-state index < -0.39 is 10.0 Å². The number of hydrogen-bond acceptors (Lipinski definition) is 2. The molecule has 0 heterocycles. The third-order valence-corrected chi connectivity index (χ3v) is 4.40. The Labute approximate surface area is 125 Å². The zero-order valence-electron chi connectivity index (χ0n) is 11.3. The second kappa shape index (κ2) is 6.44. The molecule has 0 amide bonds. The number of hydrogen-bond donors (Lipinski definition) is 1. The Morgan fingerprint density at radius 1 is 1.32 bits per heavy atom. The van der Waals surface area contributed by atoms with Crippen molar-refractivity contribution in [3.05, 3.63) is 29.3 Å². The lowest BCUT2D eigenvalue weighted by Gasteiger charge is -2.22. The van der Waals surface area contributed by atoms with Crippen molar-refractivity contribution >= 4 is 33.2 Å². The van der Waals surface area contributed by atoms with E-state index in [-0.39, 0.29) is 22.2 Å². The molecule has 1 aromatic carbocycles. The van der Waals surface area contributed by atoms with Gasteiger partial charge in [0.05, 0.1) is 4.90 Å². The van der Waals surface area contributed by atoms with Crippen LogP contribution in [0, 0.1) is 5.41 Å². The number of nitrogens with one attached hydrogen (secondary N) is 1. The molecule has 1 aromatic rings. The van der Waals surface area contributed by atoms with Gasteiger partial charge in [0, 0.05) is 16.9 Å². The minimum absolute atomic E-state index is 0.0634. The normalized spacial score (nSPS) is 14.4. The molecule has 19 heavy (non-hydrogen) atoms. The number of rotatable bonds is 5. The Morgan fingerprint density at radius 2 is 1.95 bits per heavy atom. The summed E-state index contributed by atoms with van der Waals surface area (Å²) in [6, 6.07) is 6.15. The van der Waals surface area contributed by atoms with E-state index >= 15 is 0 Å². The van der Waals surface area contributed by atoms with Crippen molar-refractivity contribution < 1.29 is 8.42 Å². The smallest absolute Gasteiger partial charge is 0.210 e. The molecule has 1 N–H and O–H groups in total. The van der Waals surface area contributed by atoms with Crippen molar-refractivity contribution in [1.29, 1.82) is 0 Å². The molecule has 0 aliphatic carbocycles. The van der Waals surface area contributed by atoms with Crippen molar-refractivity contribution in [2.24, 2.45) is 5.41 Å². The maximum absolute atomic E-state index is 12.0. The summed E-state index contributed by atoms with van der Waals surface area (Å²) >= 11 is 11.9. The Bertz CT molecular complexity index is 524. The van der Waals surface area contributed by atoms with Crippen LogP contribution in [0.1, 0.15) is 27.2 Å². The lowest BCUT2D eigenvalue weighted by molar-refractivity contribution is 0.369. The van der Waals surface area contributed by atoms with Crippen molar-refractivity contribution in [3.8, 4) is 0 Å². The second-order valence-corrected chi connectivity index (χ2v) is 8.49. The van der Waals surface area contributed by atoms with Crippen LogP contribution in [0.2, 0.25) is 5.02 Å². The Kier molecular flexibility index (Phi) is 5.68. The Balaban J connectivity index is 2.66. The van der Waals surface area contributed by atoms with E-state index in [9.17, 15) is 8.42 Å². The fraction of sp³-hybridized carbons (Fsp3) is 0.538. The topological polar surface area (TPSA) is 46.2 Å². The monoisotopic (exact) mass is 323 g/mol. The van der Waals surface area contributed by atoms with Gasteiger partial charge in [0.1, 0.15) is 0 Å². The fourth-order valence-corrected chi connectivity index (χ4v) is 3.67. The summed E-state index contributed by atoms with van der Waals surface area (Å²) in [4.78, 5) is 0.152. The van der Waals surface area contributed by atoms with Gasteiger partial charge in [-0.05, 0) is 30.0 Å². The Hall–Kier alpha value is -0.290. The van der Waals surface area contributed by atoms with Gasteiger partial charge in [0.15, 0.2) is 0 Å². The van der Waals surface area contributed by atoms with E-state index in [2.05, 4.69) is 25.5 Å². The molecule has 1 unspecified atom stereocenters. The van der Waals surface area contributed by atoms with E-state index in [1.807, 2.05) is 0 Å². The SMILES string of the molecule is CC(C)(C)CC(Cl)CNS(=O)(=O)c1cccc(Cl)c1. The molecule has 3 nitrogen and oxygen atoms in total. The molecule has 0 aliphatic rings. The highest BCUT2D eigenvalue weighted by Crippen LogP contribution is 2.23. The first-order valence-electron chi connectivity index (χ1n) is 5.99. The number of halogens is 2. The molecule has 0 saturated carbocycles. The zero-order valence-corrected chi connectivity index (χ0v) is 13.6. The average molecular weight is 324 g/mol. The summed E-state index contributed by atoms with van der Waals surface area (Å²) < 4.78 is 26.6. The quantitative estimate of drug-likeness (QED) is 0.840. The second-order valence-electron chi connectivity index (χ2n) is 5.67. The first-order chi connectivity index (χ1) is 8.60. The van der Waals surface area contributed by atoms with Crippen molar-refractivity contribution in [2.45, 2.75) is 37.5 Å². The van der Waals surface area contributed by atoms with E-state index in [0.29, 0.717) is 5.02 Å². The molecule has 6 heteroatoms. The van der Waals surface area contributed by atoms with Crippen molar-refractivity contribution in [3.63, 3.8) is 0 Å². The predicted molar refractivity (Wildman–Crippen MR) is 80.4 cm³/mol. The molecule has 0 aliphatic heterocycles. The van der Waals surface area contributed by atoms with E-state index in [0.717, 1.165) is 6.42 Å². The minimum Gasteiger partial charge on any atom is -0.210 e. The average Bonchev–Trinajstić information content (AvgIpc) is 2.24. The van der Waals surface area contributed by atoms with Crippen LogP contribution < -0.4 is 4.72 Å². The van der Waals surface area contributed by atoms with E-state index in [1.165, 1.54) is 12.1 Å². The molecule has 0 saturated heterocycles. The van der Waals surface area contributed by atoms with Crippen LogP contribution in [-0.4, -0.2) is 20.3 Å². The van der Waals surface area contributed by atoms with Crippen LogP contribution in [0.25, 0.3) is 0 Å². The van der Waals surface area contributed by atoms with Crippen LogP contribution in [0.4, 0.5) is 0 Å². The van der Waals surface area contributed by atoms with Gasteiger partial charge in [0.25, 0.3) is 0 Å². The highest BCUT2D eigenvalue weighted by Gasteiger charge is 2.20. The van der Waals surface area contributed by atoms with Gasteiger partial charge in [-0.15, -0.1) is 11.6 Å². The molecule has 0 radical (unpaired) electrons. The van der Waals surface area contributed by atoms with Gasteiger partial charge in [-0.3, -0.25) is 0 Å². The van der Waals surface area contributed by atoms with Gasteiger partial charge in [0.2, 0.25) is 10.0 Å². The molecule has 108 valence electrons. The predicted octanol–water partition coefficient (Wildman–Crippen LogP) is 3.66. The number of alkyl halides is 1. The molecule has 0 spiro atoms. The van der Waals surface area contributed by atoms with Crippen molar-refractivity contribution in [1.82, 2.24) is 4.72 Å². The van der Waals surface area contributed by atoms with Crippen molar-refractivity contribution in [2.75, 3.05) is 6.54 Å². The standard InChI is InChI=1S/C13H19Cl2NO2S/c1-13(2,3)8-11(15)9-16-19(17,18)12-6-4-5-10(14)7-12/h4-7,11,16H,8-9H2,1-3H3. The maximum atomic E-state index is 12.0. The molecule has 1 rings (SSSR count). The largest absolute Gasteiger partial charge is 0.240 e. The fourth-order valence-electron chi connectivity index (χ4n) is 1.65. The van der Waals surface area contributed by atoms with Gasteiger partial charge < -0.3 is 0 Å². The molecular formula is C13H19Cl2NO2S. The van der Waals surface area contributed by atoms with Gasteiger partial charge >= 0.3 is 0 Å². The lowest BCUT2D eigenvalue weighted by Crippen LogP contribution is -2.31. The van der Waals surface area contributed by atoms with E-state index in [1.54, 1.807) is 12.1 Å². The van der Waals surface area contributed by atoms with Crippen LogP contribution in [-0.2, 0) is 10.0 Å². The van der Waals surface area contributed by atoms with Crippen LogP contribution in [0.3, 0.4) is 0 Å². The summed E-state index contributed by atoms with van der Waals surface area (Å²) in [6.45, 7) is 6.39. The molecule has 1 atom stereocenters. The summed E-state index contributed by atoms with van der Waals surface area (Å²) in [6.07, 6.45) is 0.729. The summed E-state index contributed by atoms with van der Waals surface area (Å²) in [7, 11) is -3.55. The van der Waals surface area contributed by atoms with E-state index in [4.69, 9.17) is 23.2 Å². The molecule has 0 bridgehead atoms. The van der Waals surface area contributed by atoms with Gasteiger partial charge in [-0.25, -0.2) is 13.1 Å². The highest BCUT2D eigenvalue weighted by molar-refractivity contribution is 7.89. The third-order valence-electron chi connectivity index (χ3n) is 2.44. The highest BCUT2D eigenvalue weighted by atomic mass is 35.5. The molecular weight excluding hydrogens is 305 g/mol. The summed E-state index contributed by atoms with van der Waals surface area (Å²) in [5.74, 6) is 0. The maximum Gasteiger partial charge on any atom is 0.240 e.